The Morgan fingerprint density at radius 3 is 2.47 bits per heavy atom. The first-order valence-electron chi connectivity index (χ1n) is 11.9. The van der Waals surface area contributed by atoms with Crippen LogP contribution in [0.4, 0.5) is 0 Å². The van der Waals surface area contributed by atoms with Gasteiger partial charge in [0.15, 0.2) is 0 Å². The van der Waals surface area contributed by atoms with Crippen molar-refractivity contribution in [2.75, 3.05) is 6.54 Å². The number of aromatic nitrogens is 1. The fourth-order valence-electron chi connectivity index (χ4n) is 5.30. The molecule has 0 saturated carbocycles. The highest BCUT2D eigenvalue weighted by Crippen LogP contribution is 2.46. The lowest BCUT2D eigenvalue weighted by molar-refractivity contribution is -0.122. The molecule has 6 rings (SSSR count). The summed E-state index contributed by atoms with van der Waals surface area (Å²) in [6.45, 7) is 0.445. The van der Waals surface area contributed by atoms with E-state index in [0.29, 0.717) is 12.1 Å². The maximum atomic E-state index is 13.7. The highest BCUT2D eigenvalue weighted by atomic mass is 32.1. The third-order valence-electron chi connectivity index (χ3n) is 6.88. The lowest BCUT2D eigenvalue weighted by Gasteiger charge is -2.26. The van der Waals surface area contributed by atoms with Crippen molar-refractivity contribution in [1.82, 2.24) is 14.8 Å². The molecule has 2 aromatic heterocycles. The largest absolute Gasteiger partial charge is 0.350 e. The molecule has 1 aliphatic heterocycles. The second kappa shape index (κ2) is 9.13. The number of hydrogen-bond acceptors (Lipinski definition) is 3. The van der Waals surface area contributed by atoms with Gasteiger partial charge in [-0.3, -0.25) is 9.59 Å². The van der Waals surface area contributed by atoms with E-state index >= 15 is 0 Å². The van der Waals surface area contributed by atoms with Gasteiger partial charge in [0.05, 0.1) is 18.3 Å². The van der Waals surface area contributed by atoms with Crippen LogP contribution in [0.5, 0.6) is 0 Å². The zero-order valence-electron chi connectivity index (χ0n) is 19.8. The smallest absolute Gasteiger partial charge is 0.255 e. The number of nitrogens with zero attached hydrogens (tertiary/aromatic N) is 2. The molecule has 5 aromatic rings. The van der Waals surface area contributed by atoms with E-state index in [4.69, 9.17) is 0 Å². The summed E-state index contributed by atoms with van der Waals surface area (Å²) in [5, 5.41) is 6.06. The molecule has 0 saturated heterocycles. The van der Waals surface area contributed by atoms with Crippen molar-refractivity contribution in [2.45, 2.75) is 12.6 Å². The van der Waals surface area contributed by atoms with Gasteiger partial charge in [0.25, 0.3) is 5.91 Å². The molecule has 0 bridgehead atoms. The number of carbonyl (C=O) groups excluding carboxylic acids is 2. The third-order valence-corrected chi connectivity index (χ3v) is 7.76. The average molecular weight is 492 g/mol. The van der Waals surface area contributed by atoms with Gasteiger partial charge in [-0.25, -0.2) is 0 Å². The molecular weight excluding hydrogens is 466 g/mol. The van der Waals surface area contributed by atoms with E-state index in [1.54, 1.807) is 16.2 Å². The number of benzene rings is 3. The predicted molar refractivity (Wildman–Crippen MR) is 144 cm³/mol. The van der Waals surface area contributed by atoms with Gasteiger partial charge in [-0.2, -0.15) is 0 Å². The monoisotopic (exact) mass is 491 g/mol. The number of fused-ring (bicyclic) bond motifs is 2. The van der Waals surface area contributed by atoms with E-state index < -0.39 is 0 Å². The molecule has 0 aliphatic carbocycles. The minimum Gasteiger partial charge on any atom is -0.350 e. The second-order valence-corrected chi connectivity index (χ2v) is 10.0. The second-order valence-electron chi connectivity index (χ2n) is 8.98. The summed E-state index contributed by atoms with van der Waals surface area (Å²) < 4.78 is 2.19. The first-order valence-corrected chi connectivity index (χ1v) is 12.8. The summed E-state index contributed by atoms with van der Waals surface area (Å²) in [6.07, 6.45) is 0. The first kappa shape index (κ1) is 22.3. The Morgan fingerprint density at radius 2 is 1.67 bits per heavy atom. The summed E-state index contributed by atoms with van der Waals surface area (Å²) in [5.41, 5.74) is 5.84. The fraction of sp³-hybridized carbons (Fsp3) is 0.133. The molecular formula is C30H25N3O2S. The maximum absolute atomic E-state index is 13.7. The predicted octanol–water partition coefficient (Wildman–Crippen LogP) is 5.77. The number of thiophene rings is 1. The number of para-hydroxylation sites is 1. The Morgan fingerprint density at radius 1 is 0.917 bits per heavy atom. The SMILES string of the molecule is Cn1c(-c2ccccc2)c(C2c3ccccc3C(=O)N2CC(=O)NCc2cccs2)c2ccccc21. The molecule has 3 heterocycles. The Bertz CT molecular complexity index is 1570. The molecule has 2 amide bonds. The molecule has 5 nitrogen and oxygen atoms in total. The van der Waals surface area contributed by atoms with Crippen molar-refractivity contribution >= 4 is 34.1 Å². The summed E-state index contributed by atoms with van der Waals surface area (Å²) >= 11 is 1.60. The van der Waals surface area contributed by atoms with Crippen LogP contribution in [0.2, 0.25) is 0 Å². The van der Waals surface area contributed by atoms with Gasteiger partial charge in [0.2, 0.25) is 5.91 Å². The van der Waals surface area contributed by atoms with Crippen LogP contribution < -0.4 is 5.32 Å². The van der Waals surface area contributed by atoms with Crippen molar-refractivity contribution in [1.29, 1.82) is 0 Å². The van der Waals surface area contributed by atoms with Crippen molar-refractivity contribution in [2.24, 2.45) is 7.05 Å². The van der Waals surface area contributed by atoms with Crippen LogP contribution in [-0.2, 0) is 18.4 Å². The number of nitrogens with one attached hydrogen (secondary N) is 1. The molecule has 6 heteroatoms. The van der Waals surface area contributed by atoms with Crippen LogP contribution >= 0.6 is 11.3 Å². The summed E-state index contributed by atoms with van der Waals surface area (Å²) in [5.74, 6) is -0.287. The van der Waals surface area contributed by atoms with Crippen LogP contribution in [0.15, 0.2) is 96.4 Å². The minimum absolute atomic E-state index is 0.0129. The van der Waals surface area contributed by atoms with Gasteiger partial charge in [-0.15, -0.1) is 11.3 Å². The van der Waals surface area contributed by atoms with Gasteiger partial charge < -0.3 is 14.8 Å². The van der Waals surface area contributed by atoms with Crippen LogP contribution in [-0.4, -0.2) is 27.8 Å². The quantitative estimate of drug-likeness (QED) is 0.328. The number of amides is 2. The highest BCUT2D eigenvalue weighted by Gasteiger charge is 2.41. The Hall–Kier alpha value is -4.16. The number of rotatable bonds is 6. The number of hydrogen-bond donors (Lipinski definition) is 1. The normalized spacial score (nSPS) is 14.9. The first-order chi connectivity index (χ1) is 17.6. The van der Waals surface area contributed by atoms with Crippen molar-refractivity contribution in [3.8, 4) is 11.3 Å². The molecule has 0 fully saturated rings. The molecule has 178 valence electrons. The van der Waals surface area contributed by atoms with Crippen molar-refractivity contribution in [3.63, 3.8) is 0 Å². The molecule has 36 heavy (non-hydrogen) atoms. The topological polar surface area (TPSA) is 54.3 Å². The highest BCUT2D eigenvalue weighted by molar-refractivity contribution is 7.09. The van der Waals surface area contributed by atoms with E-state index in [0.717, 1.165) is 38.2 Å². The molecule has 1 N–H and O–H groups in total. The van der Waals surface area contributed by atoms with Gasteiger partial charge in [0.1, 0.15) is 6.54 Å². The third kappa shape index (κ3) is 3.71. The van der Waals surface area contributed by atoms with Crippen LogP contribution in [0.3, 0.4) is 0 Å². The van der Waals surface area contributed by atoms with E-state index in [1.165, 1.54) is 0 Å². The number of aryl methyl sites for hydroxylation is 1. The van der Waals surface area contributed by atoms with Gasteiger partial charge in [0, 0.05) is 34.0 Å². The molecule has 0 spiro atoms. The van der Waals surface area contributed by atoms with Gasteiger partial charge >= 0.3 is 0 Å². The van der Waals surface area contributed by atoms with E-state index in [1.807, 2.05) is 72.1 Å². The minimum atomic E-state index is -0.373. The molecule has 0 radical (unpaired) electrons. The van der Waals surface area contributed by atoms with Crippen LogP contribution in [0.25, 0.3) is 22.2 Å². The standard InChI is InChI=1S/C30H25N3O2S/c1-32-25-16-8-7-15-24(25)27(28(32)20-10-3-2-4-11-20)29-22-13-5-6-14-23(22)30(35)33(29)19-26(34)31-18-21-12-9-17-36-21/h2-17,29H,18-19H2,1H3,(H,31,34). The number of carbonyl (C=O) groups is 2. The zero-order chi connectivity index (χ0) is 24.6. The van der Waals surface area contributed by atoms with Crippen molar-refractivity contribution < 1.29 is 9.59 Å². The molecule has 1 aliphatic rings. The maximum Gasteiger partial charge on any atom is 0.255 e. The van der Waals surface area contributed by atoms with Crippen LogP contribution in [0.1, 0.15) is 32.4 Å². The Kier molecular flexibility index (Phi) is 5.66. The van der Waals surface area contributed by atoms with Crippen molar-refractivity contribution in [3.05, 3.63) is 118 Å². The lowest BCUT2D eigenvalue weighted by atomic mass is 9.93. The molecule has 1 atom stereocenters. The Labute approximate surface area is 213 Å². The average Bonchev–Trinajstić information content (AvgIpc) is 3.60. The van der Waals surface area contributed by atoms with Crippen LogP contribution in [0, 0.1) is 0 Å². The summed E-state index contributed by atoms with van der Waals surface area (Å²) in [4.78, 5) is 29.6. The van der Waals surface area contributed by atoms with Gasteiger partial charge in [-0.1, -0.05) is 72.8 Å². The van der Waals surface area contributed by atoms with Gasteiger partial charge in [-0.05, 0) is 34.7 Å². The van der Waals surface area contributed by atoms with E-state index in [2.05, 4.69) is 41.2 Å². The fourth-order valence-corrected chi connectivity index (χ4v) is 5.94. The summed E-state index contributed by atoms with van der Waals surface area (Å²) in [6, 6.07) is 29.8. The Balaban J connectivity index is 1.48. The van der Waals surface area contributed by atoms with E-state index in [9.17, 15) is 9.59 Å². The molecule has 1 unspecified atom stereocenters. The summed E-state index contributed by atoms with van der Waals surface area (Å²) in [7, 11) is 2.06. The molecule has 3 aromatic carbocycles. The van der Waals surface area contributed by atoms with E-state index in [-0.39, 0.29) is 24.4 Å². The lowest BCUT2D eigenvalue weighted by Crippen LogP contribution is -2.39. The zero-order valence-corrected chi connectivity index (χ0v) is 20.7.